The molecule has 1 aromatic heterocycles. The molecule has 4 aromatic rings. The zero-order valence-corrected chi connectivity index (χ0v) is 21.1. The summed E-state index contributed by atoms with van der Waals surface area (Å²) in [5, 5.41) is 16.1. The summed E-state index contributed by atoms with van der Waals surface area (Å²) in [4.78, 5) is 17.1. The molecule has 0 atom stereocenters. The quantitative estimate of drug-likeness (QED) is 0.208. The van der Waals surface area contributed by atoms with E-state index in [9.17, 15) is 9.90 Å². The number of phenolic OH excluding ortho intramolecular Hbond substituents is 1. The molecule has 0 aliphatic heterocycles. The first-order valence-corrected chi connectivity index (χ1v) is 11.7. The number of hydrogen-bond donors (Lipinski definition) is 3. The number of halogens is 1. The number of carbonyl (C=O) groups excluding carboxylic acids is 1. The van der Waals surface area contributed by atoms with E-state index in [2.05, 4.69) is 31.5 Å². The lowest BCUT2D eigenvalue weighted by molar-refractivity contribution is 0.0977. The van der Waals surface area contributed by atoms with Crippen LogP contribution in [0, 0.1) is 13.8 Å². The molecule has 1 heterocycles. The fraction of sp³-hybridized carbons (Fsp3) is 0.160. The molecule has 0 saturated carbocycles. The maximum Gasteiger partial charge on any atom is 0.257 e. The molecule has 0 unspecified atom stereocenters. The van der Waals surface area contributed by atoms with Crippen molar-refractivity contribution in [3.05, 3.63) is 69.7 Å². The lowest BCUT2D eigenvalue weighted by atomic mass is 10.1. The SMILES string of the molecule is CCOc1ccc(C(=O)NC(=S)Nc2ccc(O)c(-c3nc4cc(C)cc(C)c4o3)c2)cc1Br. The number of thiocarbonyl (C=S) groups is 1. The van der Waals surface area contributed by atoms with Gasteiger partial charge in [0.25, 0.3) is 5.91 Å². The van der Waals surface area contributed by atoms with Crippen LogP contribution in [0.3, 0.4) is 0 Å². The number of nitrogens with one attached hydrogen (secondary N) is 2. The molecule has 7 nitrogen and oxygen atoms in total. The van der Waals surface area contributed by atoms with Crippen LogP contribution in [0.25, 0.3) is 22.6 Å². The summed E-state index contributed by atoms with van der Waals surface area (Å²) in [6.45, 7) is 6.35. The average Bonchev–Trinajstić information content (AvgIpc) is 3.20. The van der Waals surface area contributed by atoms with Gasteiger partial charge in [0.2, 0.25) is 5.89 Å². The van der Waals surface area contributed by atoms with E-state index in [1.807, 2.05) is 32.9 Å². The highest BCUT2D eigenvalue weighted by molar-refractivity contribution is 9.10. The molecule has 4 rings (SSSR count). The molecule has 3 aromatic carbocycles. The minimum Gasteiger partial charge on any atom is -0.507 e. The van der Waals surface area contributed by atoms with Gasteiger partial charge >= 0.3 is 0 Å². The lowest BCUT2D eigenvalue weighted by Crippen LogP contribution is -2.34. The molecule has 3 N–H and O–H groups in total. The van der Waals surface area contributed by atoms with Crippen molar-refractivity contribution in [2.45, 2.75) is 20.8 Å². The Morgan fingerprint density at radius 3 is 2.71 bits per heavy atom. The minimum absolute atomic E-state index is 0.0145. The summed E-state index contributed by atoms with van der Waals surface area (Å²) in [6.07, 6.45) is 0. The van der Waals surface area contributed by atoms with Gasteiger partial charge in [0, 0.05) is 11.3 Å². The number of phenols is 1. The van der Waals surface area contributed by atoms with Crippen LogP contribution in [0.15, 0.2) is 57.4 Å². The molecular formula is C25H22BrN3O4S. The van der Waals surface area contributed by atoms with Crippen molar-refractivity contribution >= 4 is 56.0 Å². The van der Waals surface area contributed by atoms with Gasteiger partial charge in [-0.2, -0.15) is 0 Å². The number of oxazole rings is 1. The predicted molar refractivity (Wildman–Crippen MR) is 140 cm³/mol. The highest BCUT2D eigenvalue weighted by Gasteiger charge is 2.16. The van der Waals surface area contributed by atoms with E-state index in [4.69, 9.17) is 21.4 Å². The third-order valence-corrected chi connectivity index (χ3v) is 5.85. The second-order valence-corrected chi connectivity index (χ2v) is 8.93. The number of hydrogen-bond acceptors (Lipinski definition) is 6. The fourth-order valence-corrected chi connectivity index (χ4v) is 4.23. The minimum atomic E-state index is -0.370. The van der Waals surface area contributed by atoms with Gasteiger partial charge in [0.15, 0.2) is 10.7 Å². The van der Waals surface area contributed by atoms with E-state index in [0.717, 1.165) is 16.6 Å². The third kappa shape index (κ3) is 5.05. The van der Waals surface area contributed by atoms with Crippen LogP contribution in [-0.4, -0.2) is 27.7 Å². The van der Waals surface area contributed by atoms with Crippen molar-refractivity contribution in [3.8, 4) is 23.0 Å². The Bertz CT molecular complexity index is 1420. The van der Waals surface area contributed by atoms with E-state index < -0.39 is 0 Å². The molecule has 174 valence electrons. The molecule has 0 aliphatic carbocycles. The lowest BCUT2D eigenvalue weighted by Gasteiger charge is -2.12. The van der Waals surface area contributed by atoms with Crippen LogP contribution in [0.4, 0.5) is 5.69 Å². The van der Waals surface area contributed by atoms with Gasteiger partial charge in [0.05, 0.1) is 16.6 Å². The number of fused-ring (bicyclic) bond motifs is 1. The van der Waals surface area contributed by atoms with E-state index in [-0.39, 0.29) is 16.8 Å². The van der Waals surface area contributed by atoms with Gasteiger partial charge in [-0.3, -0.25) is 10.1 Å². The number of aromatic nitrogens is 1. The summed E-state index contributed by atoms with van der Waals surface area (Å²) in [5.41, 5.74) is 4.81. The molecular weight excluding hydrogens is 518 g/mol. The van der Waals surface area contributed by atoms with Crippen molar-refractivity contribution < 1.29 is 19.1 Å². The number of rotatable bonds is 5. The molecule has 0 bridgehead atoms. The van der Waals surface area contributed by atoms with Gasteiger partial charge < -0.3 is 19.6 Å². The highest BCUT2D eigenvalue weighted by atomic mass is 79.9. The molecule has 9 heteroatoms. The first-order valence-electron chi connectivity index (χ1n) is 10.5. The molecule has 1 amide bonds. The Kier molecular flexibility index (Phi) is 6.85. The summed E-state index contributed by atoms with van der Waals surface area (Å²) in [5.74, 6) is 0.589. The first-order chi connectivity index (χ1) is 16.2. The second kappa shape index (κ2) is 9.82. The van der Waals surface area contributed by atoms with Crippen LogP contribution in [0.5, 0.6) is 11.5 Å². The predicted octanol–water partition coefficient (Wildman–Crippen LogP) is 6.11. The molecule has 0 fully saturated rings. The van der Waals surface area contributed by atoms with E-state index in [0.29, 0.717) is 45.1 Å². The summed E-state index contributed by atoms with van der Waals surface area (Å²) >= 11 is 8.71. The fourth-order valence-electron chi connectivity index (χ4n) is 3.53. The summed E-state index contributed by atoms with van der Waals surface area (Å²) in [7, 11) is 0. The number of ether oxygens (including phenoxy) is 1. The van der Waals surface area contributed by atoms with Crippen LogP contribution in [0.1, 0.15) is 28.4 Å². The summed E-state index contributed by atoms with van der Waals surface area (Å²) < 4.78 is 12.1. The van der Waals surface area contributed by atoms with Gasteiger partial charge in [-0.1, -0.05) is 6.07 Å². The van der Waals surface area contributed by atoms with Crippen molar-refractivity contribution in [3.63, 3.8) is 0 Å². The maximum atomic E-state index is 12.6. The largest absolute Gasteiger partial charge is 0.507 e. The number of aryl methyl sites for hydroxylation is 2. The number of benzene rings is 3. The van der Waals surface area contributed by atoms with Crippen LogP contribution >= 0.6 is 28.1 Å². The third-order valence-electron chi connectivity index (χ3n) is 5.03. The normalized spacial score (nSPS) is 10.8. The molecule has 0 radical (unpaired) electrons. The second-order valence-electron chi connectivity index (χ2n) is 7.67. The van der Waals surface area contributed by atoms with Gasteiger partial charge in [-0.25, -0.2) is 4.98 Å². The Balaban J connectivity index is 1.51. The Morgan fingerprint density at radius 1 is 1.18 bits per heavy atom. The van der Waals surface area contributed by atoms with Crippen molar-refractivity contribution in [2.24, 2.45) is 0 Å². The zero-order valence-electron chi connectivity index (χ0n) is 18.7. The van der Waals surface area contributed by atoms with Gasteiger partial charge in [0.1, 0.15) is 17.0 Å². The monoisotopic (exact) mass is 539 g/mol. The van der Waals surface area contributed by atoms with Crippen LogP contribution < -0.4 is 15.4 Å². The van der Waals surface area contributed by atoms with Crippen LogP contribution in [-0.2, 0) is 0 Å². The topological polar surface area (TPSA) is 96.6 Å². The number of amides is 1. The van der Waals surface area contributed by atoms with Crippen molar-refractivity contribution in [1.29, 1.82) is 0 Å². The average molecular weight is 540 g/mol. The molecule has 0 spiro atoms. The first kappa shape index (κ1) is 23.7. The Hall–Kier alpha value is -3.43. The Labute approximate surface area is 210 Å². The molecule has 0 aliphatic rings. The van der Waals surface area contributed by atoms with E-state index in [1.54, 1.807) is 30.3 Å². The highest BCUT2D eigenvalue weighted by Crippen LogP contribution is 2.34. The molecule has 34 heavy (non-hydrogen) atoms. The number of anilines is 1. The number of aromatic hydroxyl groups is 1. The summed E-state index contributed by atoms with van der Waals surface area (Å²) in [6, 6.07) is 13.8. The van der Waals surface area contributed by atoms with E-state index in [1.165, 1.54) is 6.07 Å². The smallest absolute Gasteiger partial charge is 0.257 e. The standard InChI is InChI=1S/C25H22BrN3O4S/c1-4-32-21-8-5-15(11-18(21)26)23(31)29-25(34)27-16-6-7-20(30)17(12-16)24-28-19-10-13(2)9-14(3)22(19)33-24/h5-12,30H,4H2,1-3H3,(H2,27,29,31,34). The Morgan fingerprint density at radius 2 is 1.97 bits per heavy atom. The van der Waals surface area contributed by atoms with E-state index >= 15 is 0 Å². The van der Waals surface area contributed by atoms with Crippen molar-refractivity contribution in [2.75, 3.05) is 11.9 Å². The van der Waals surface area contributed by atoms with Gasteiger partial charge in [-0.05, 0) is 103 Å². The number of carbonyl (C=O) groups is 1. The number of nitrogens with zero attached hydrogens (tertiary/aromatic N) is 1. The van der Waals surface area contributed by atoms with Crippen molar-refractivity contribution in [1.82, 2.24) is 10.3 Å². The maximum absolute atomic E-state index is 12.6. The van der Waals surface area contributed by atoms with Gasteiger partial charge in [-0.15, -0.1) is 0 Å². The van der Waals surface area contributed by atoms with Crippen LogP contribution in [0.2, 0.25) is 0 Å². The zero-order chi connectivity index (χ0) is 24.4. The molecule has 0 saturated heterocycles.